The highest BCUT2D eigenvalue weighted by Crippen LogP contribution is 2.32. The summed E-state index contributed by atoms with van der Waals surface area (Å²) in [6, 6.07) is 8.35. The molecule has 1 N–H and O–H groups in total. The van der Waals surface area contributed by atoms with E-state index in [0.717, 1.165) is 18.7 Å². The molecule has 0 spiro atoms. The molecule has 1 aromatic rings. The molecule has 0 bridgehead atoms. The third-order valence-electron chi connectivity index (χ3n) is 3.65. The Labute approximate surface area is 107 Å². The number of hydrogen-bond acceptors (Lipinski definition) is 3. The van der Waals surface area contributed by atoms with Crippen LogP contribution in [-0.4, -0.2) is 37.7 Å². The third-order valence-corrected chi connectivity index (χ3v) is 3.65. The van der Waals surface area contributed by atoms with Crippen LogP contribution in [0.25, 0.3) is 0 Å². The summed E-state index contributed by atoms with van der Waals surface area (Å²) in [7, 11) is 0. The van der Waals surface area contributed by atoms with Crippen LogP contribution in [0.15, 0.2) is 24.3 Å². The van der Waals surface area contributed by atoms with Crippen molar-refractivity contribution in [2.24, 2.45) is 0 Å². The second kappa shape index (κ2) is 4.71. The normalized spacial score (nSPS) is 27.1. The van der Waals surface area contributed by atoms with Crippen LogP contribution in [-0.2, 0) is 16.0 Å². The van der Waals surface area contributed by atoms with E-state index in [1.54, 1.807) is 0 Å². The van der Waals surface area contributed by atoms with Gasteiger partial charge in [-0.2, -0.15) is 0 Å². The van der Waals surface area contributed by atoms with Gasteiger partial charge in [-0.3, -0.25) is 4.79 Å². The molecule has 2 aliphatic rings. The van der Waals surface area contributed by atoms with Gasteiger partial charge >= 0.3 is 0 Å². The molecule has 0 saturated carbocycles. The highest BCUT2D eigenvalue weighted by Gasteiger charge is 2.35. The Bertz CT molecular complexity index is 455. The van der Waals surface area contributed by atoms with Gasteiger partial charge in [0.15, 0.2) is 0 Å². The molecule has 1 aromatic carbocycles. The maximum Gasteiger partial charge on any atom is 0.257 e. The van der Waals surface area contributed by atoms with Crippen LogP contribution in [0.3, 0.4) is 0 Å². The number of morpholine rings is 1. The Hall–Kier alpha value is -1.39. The summed E-state index contributed by atoms with van der Waals surface area (Å²) in [6.45, 7) is 4.15. The lowest BCUT2D eigenvalue weighted by Crippen LogP contribution is -2.51. The Morgan fingerprint density at radius 1 is 1.44 bits per heavy atom. The average Bonchev–Trinajstić information content (AvgIpc) is 2.75. The molecule has 2 aliphatic heterocycles. The zero-order valence-corrected chi connectivity index (χ0v) is 10.6. The van der Waals surface area contributed by atoms with Crippen LogP contribution in [0.4, 0.5) is 5.69 Å². The first-order valence-corrected chi connectivity index (χ1v) is 6.50. The molecule has 18 heavy (non-hydrogen) atoms. The molecule has 1 saturated heterocycles. The van der Waals surface area contributed by atoms with Crippen LogP contribution < -0.4 is 10.2 Å². The SMILES string of the molecule is C[C@H]1Cc2ccccc2N1C(=O)[C@@H]1CNCCO1. The van der Waals surface area contributed by atoms with Crippen LogP contribution in [0.2, 0.25) is 0 Å². The summed E-state index contributed by atoms with van der Waals surface area (Å²) < 4.78 is 5.56. The van der Waals surface area contributed by atoms with Crippen molar-refractivity contribution in [2.45, 2.75) is 25.5 Å². The number of ether oxygens (including phenoxy) is 1. The molecule has 0 radical (unpaired) electrons. The van der Waals surface area contributed by atoms with Crippen molar-refractivity contribution in [1.29, 1.82) is 0 Å². The predicted molar refractivity (Wildman–Crippen MR) is 69.7 cm³/mol. The van der Waals surface area contributed by atoms with E-state index in [1.165, 1.54) is 5.56 Å². The van der Waals surface area contributed by atoms with Crippen molar-refractivity contribution < 1.29 is 9.53 Å². The van der Waals surface area contributed by atoms with Crippen LogP contribution in [0.5, 0.6) is 0 Å². The largest absolute Gasteiger partial charge is 0.366 e. The van der Waals surface area contributed by atoms with Crippen LogP contribution >= 0.6 is 0 Å². The number of anilines is 1. The Balaban J connectivity index is 1.85. The maximum absolute atomic E-state index is 12.5. The standard InChI is InChI=1S/C14H18N2O2/c1-10-8-11-4-2-3-5-12(11)16(10)14(17)13-9-15-6-7-18-13/h2-5,10,13,15H,6-9H2,1H3/t10-,13-/m0/s1. The molecule has 2 atom stereocenters. The molecule has 0 unspecified atom stereocenters. The topological polar surface area (TPSA) is 41.6 Å². The van der Waals surface area contributed by atoms with Crippen molar-refractivity contribution in [3.05, 3.63) is 29.8 Å². The van der Waals surface area contributed by atoms with E-state index in [0.29, 0.717) is 13.2 Å². The van der Waals surface area contributed by atoms with Crippen LogP contribution in [0.1, 0.15) is 12.5 Å². The van der Waals surface area contributed by atoms with Crippen molar-refractivity contribution in [1.82, 2.24) is 5.32 Å². The molecular weight excluding hydrogens is 228 g/mol. The zero-order valence-electron chi connectivity index (χ0n) is 10.6. The molecule has 4 heteroatoms. The molecule has 1 amide bonds. The number of hydrogen-bond donors (Lipinski definition) is 1. The van der Waals surface area contributed by atoms with E-state index in [2.05, 4.69) is 18.3 Å². The highest BCUT2D eigenvalue weighted by molar-refractivity contribution is 5.99. The number of rotatable bonds is 1. The first-order valence-electron chi connectivity index (χ1n) is 6.50. The summed E-state index contributed by atoms with van der Waals surface area (Å²) in [4.78, 5) is 14.4. The van der Waals surface area contributed by atoms with Gasteiger partial charge in [-0.15, -0.1) is 0 Å². The monoisotopic (exact) mass is 246 g/mol. The first-order chi connectivity index (χ1) is 8.77. The van der Waals surface area contributed by atoms with Gasteiger partial charge in [-0.1, -0.05) is 18.2 Å². The average molecular weight is 246 g/mol. The van der Waals surface area contributed by atoms with E-state index in [4.69, 9.17) is 4.74 Å². The van der Waals surface area contributed by atoms with Crippen LogP contribution in [0, 0.1) is 0 Å². The Kier molecular flexibility index (Phi) is 3.06. The van der Waals surface area contributed by atoms with Gasteiger partial charge < -0.3 is 15.0 Å². The Morgan fingerprint density at radius 3 is 3.06 bits per heavy atom. The summed E-state index contributed by atoms with van der Waals surface area (Å²) in [6.07, 6.45) is 0.592. The molecule has 4 nitrogen and oxygen atoms in total. The minimum Gasteiger partial charge on any atom is -0.366 e. The number of benzene rings is 1. The maximum atomic E-state index is 12.5. The fourth-order valence-corrected chi connectivity index (χ4v) is 2.78. The highest BCUT2D eigenvalue weighted by atomic mass is 16.5. The van der Waals surface area contributed by atoms with Crippen molar-refractivity contribution >= 4 is 11.6 Å². The number of carbonyl (C=O) groups excluding carboxylic acids is 1. The third kappa shape index (κ3) is 1.91. The van der Waals surface area contributed by atoms with Gasteiger partial charge in [0.2, 0.25) is 0 Å². The fraction of sp³-hybridized carbons (Fsp3) is 0.500. The van der Waals surface area contributed by atoms with Gasteiger partial charge in [0.25, 0.3) is 5.91 Å². The molecule has 1 fully saturated rings. The van der Waals surface area contributed by atoms with Gasteiger partial charge in [0, 0.05) is 24.8 Å². The van der Waals surface area contributed by atoms with Gasteiger partial charge in [-0.05, 0) is 25.0 Å². The molecule has 2 heterocycles. The smallest absolute Gasteiger partial charge is 0.257 e. The van der Waals surface area contributed by atoms with E-state index in [-0.39, 0.29) is 18.1 Å². The number of nitrogens with one attached hydrogen (secondary N) is 1. The number of nitrogens with zero attached hydrogens (tertiary/aromatic N) is 1. The number of carbonyl (C=O) groups is 1. The Morgan fingerprint density at radius 2 is 2.28 bits per heavy atom. The minimum atomic E-state index is -0.340. The lowest BCUT2D eigenvalue weighted by molar-refractivity contribution is -0.131. The number of para-hydroxylation sites is 1. The molecular formula is C14H18N2O2. The van der Waals surface area contributed by atoms with Gasteiger partial charge in [0.05, 0.1) is 6.61 Å². The second-order valence-corrected chi connectivity index (χ2v) is 4.95. The summed E-state index contributed by atoms with van der Waals surface area (Å²) in [5.41, 5.74) is 2.30. The lowest BCUT2D eigenvalue weighted by atomic mass is 10.1. The fourth-order valence-electron chi connectivity index (χ4n) is 2.78. The minimum absolute atomic E-state index is 0.0830. The second-order valence-electron chi connectivity index (χ2n) is 4.95. The van der Waals surface area contributed by atoms with Crippen molar-refractivity contribution in [2.75, 3.05) is 24.6 Å². The van der Waals surface area contributed by atoms with E-state index in [9.17, 15) is 4.79 Å². The van der Waals surface area contributed by atoms with Crippen molar-refractivity contribution in [3.63, 3.8) is 0 Å². The zero-order chi connectivity index (χ0) is 12.5. The summed E-state index contributed by atoms with van der Waals surface area (Å²) >= 11 is 0. The number of amides is 1. The van der Waals surface area contributed by atoms with E-state index >= 15 is 0 Å². The first kappa shape index (κ1) is 11.7. The molecule has 3 rings (SSSR count). The molecule has 0 aromatic heterocycles. The summed E-state index contributed by atoms with van der Waals surface area (Å²) in [5.74, 6) is 0.0830. The number of fused-ring (bicyclic) bond motifs is 1. The summed E-state index contributed by atoms with van der Waals surface area (Å²) in [5, 5.41) is 3.21. The lowest BCUT2D eigenvalue weighted by Gasteiger charge is -2.30. The van der Waals surface area contributed by atoms with Gasteiger partial charge in [-0.25, -0.2) is 0 Å². The van der Waals surface area contributed by atoms with E-state index in [1.807, 2.05) is 23.1 Å². The van der Waals surface area contributed by atoms with E-state index < -0.39 is 0 Å². The molecule has 96 valence electrons. The van der Waals surface area contributed by atoms with Crippen molar-refractivity contribution in [3.8, 4) is 0 Å². The van der Waals surface area contributed by atoms with Gasteiger partial charge in [0.1, 0.15) is 6.10 Å². The predicted octanol–water partition coefficient (Wildman–Crippen LogP) is 0.953. The molecule has 0 aliphatic carbocycles. The quantitative estimate of drug-likeness (QED) is 0.802.